The third-order valence-electron chi connectivity index (χ3n) is 5.33. The number of hydrogen-bond donors (Lipinski definition) is 1. The molecule has 0 fully saturated rings. The predicted octanol–water partition coefficient (Wildman–Crippen LogP) is 6.51. The Hall–Kier alpha value is -1.69. The van der Waals surface area contributed by atoms with Gasteiger partial charge in [-0.05, 0) is 56.5 Å². The molecule has 2 atom stereocenters. The van der Waals surface area contributed by atoms with E-state index < -0.39 is 6.04 Å². The number of halogens is 2. The minimum absolute atomic E-state index is 0.0515. The van der Waals surface area contributed by atoms with Gasteiger partial charge in [0.2, 0.25) is 11.8 Å². The Morgan fingerprint density at radius 1 is 1.03 bits per heavy atom. The highest BCUT2D eigenvalue weighted by Gasteiger charge is 2.29. The average molecular weight is 496 g/mol. The molecule has 0 aliphatic rings. The van der Waals surface area contributed by atoms with Gasteiger partial charge in [0.25, 0.3) is 0 Å². The Balaban J connectivity index is 2.16. The van der Waals surface area contributed by atoms with E-state index in [1.807, 2.05) is 33.8 Å². The summed E-state index contributed by atoms with van der Waals surface area (Å²) in [6.45, 7) is 8.27. The van der Waals surface area contributed by atoms with Crippen LogP contribution in [-0.4, -0.2) is 34.6 Å². The number of thioether (sulfide) groups is 1. The van der Waals surface area contributed by atoms with Crippen LogP contribution in [0.25, 0.3) is 0 Å². The smallest absolute Gasteiger partial charge is 0.243 e. The molecule has 2 amide bonds. The van der Waals surface area contributed by atoms with Gasteiger partial charge < -0.3 is 10.2 Å². The molecule has 0 bridgehead atoms. The largest absolute Gasteiger partial charge is 0.352 e. The number of hydrogen-bond acceptors (Lipinski definition) is 3. The number of carbonyl (C=O) groups excluding carboxylic acids is 2. The van der Waals surface area contributed by atoms with Crippen molar-refractivity contribution in [3.8, 4) is 0 Å². The summed E-state index contributed by atoms with van der Waals surface area (Å²) in [5.41, 5.74) is 2.05. The van der Waals surface area contributed by atoms with Crippen LogP contribution in [-0.2, 0) is 16.1 Å². The molecule has 1 N–H and O–H groups in total. The van der Waals surface area contributed by atoms with Crippen LogP contribution in [0, 0.1) is 6.92 Å². The van der Waals surface area contributed by atoms with Crippen molar-refractivity contribution in [3.63, 3.8) is 0 Å². The maximum Gasteiger partial charge on any atom is 0.243 e. The summed E-state index contributed by atoms with van der Waals surface area (Å²) in [7, 11) is 0. The van der Waals surface area contributed by atoms with Gasteiger partial charge in [0.05, 0.1) is 10.0 Å². The lowest BCUT2D eigenvalue weighted by Gasteiger charge is -2.31. The molecule has 0 aliphatic heterocycles. The Morgan fingerprint density at radius 3 is 2.31 bits per heavy atom. The molecule has 2 aromatic rings. The van der Waals surface area contributed by atoms with E-state index in [1.54, 1.807) is 28.8 Å². The second-order valence-corrected chi connectivity index (χ2v) is 9.91. The Morgan fingerprint density at radius 2 is 1.72 bits per heavy atom. The number of nitrogens with zero attached hydrogens (tertiary/aromatic N) is 1. The van der Waals surface area contributed by atoms with Gasteiger partial charge in [-0.15, -0.1) is 11.8 Å². The number of benzene rings is 2. The van der Waals surface area contributed by atoms with Crippen LogP contribution >= 0.6 is 35.0 Å². The molecule has 32 heavy (non-hydrogen) atoms. The second-order valence-electron chi connectivity index (χ2n) is 7.92. The lowest BCUT2D eigenvalue weighted by atomic mass is 10.1. The van der Waals surface area contributed by atoms with Crippen molar-refractivity contribution < 1.29 is 9.59 Å². The van der Waals surface area contributed by atoms with Gasteiger partial charge in [0.1, 0.15) is 6.04 Å². The third-order valence-corrected chi connectivity index (χ3v) is 7.08. The fourth-order valence-corrected chi connectivity index (χ4v) is 4.39. The number of amides is 2. The van der Waals surface area contributed by atoms with Crippen molar-refractivity contribution in [2.24, 2.45) is 0 Å². The van der Waals surface area contributed by atoms with E-state index in [0.29, 0.717) is 35.2 Å². The minimum atomic E-state index is -0.546. The summed E-state index contributed by atoms with van der Waals surface area (Å²) in [5, 5.41) is 3.92. The molecule has 174 valence electrons. The lowest BCUT2D eigenvalue weighted by molar-refractivity contribution is -0.141. The van der Waals surface area contributed by atoms with Gasteiger partial charge in [-0.1, -0.05) is 60.8 Å². The monoisotopic (exact) mass is 494 g/mol. The Kier molecular flexibility index (Phi) is 10.9. The zero-order chi connectivity index (χ0) is 23.7. The highest BCUT2D eigenvalue weighted by molar-refractivity contribution is 7.99. The van der Waals surface area contributed by atoms with Gasteiger partial charge in [-0.25, -0.2) is 0 Å². The van der Waals surface area contributed by atoms with E-state index >= 15 is 0 Å². The first-order valence-electron chi connectivity index (χ1n) is 11.0. The van der Waals surface area contributed by atoms with Crippen molar-refractivity contribution in [1.82, 2.24) is 10.2 Å². The van der Waals surface area contributed by atoms with Crippen molar-refractivity contribution in [3.05, 3.63) is 63.6 Å². The molecule has 0 aliphatic carbocycles. The lowest BCUT2D eigenvalue weighted by Crippen LogP contribution is -2.50. The number of rotatable bonds is 11. The van der Waals surface area contributed by atoms with Crippen molar-refractivity contribution in [1.29, 1.82) is 0 Å². The predicted molar refractivity (Wildman–Crippen MR) is 136 cm³/mol. The van der Waals surface area contributed by atoms with Gasteiger partial charge in [-0.3, -0.25) is 9.59 Å². The molecule has 0 heterocycles. The van der Waals surface area contributed by atoms with Gasteiger partial charge in [0, 0.05) is 29.7 Å². The third kappa shape index (κ3) is 8.02. The topological polar surface area (TPSA) is 49.4 Å². The van der Waals surface area contributed by atoms with Gasteiger partial charge in [-0.2, -0.15) is 0 Å². The SMILES string of the molecule is CC[C@H](C(=O)N[C@@H](C)CC)N(Cc1ccc(Cl)c(Cl)c1)C(=O)CCSc1ccc(C)cc1. The summed E-state index contributed by atoms with van der Waals surface area (Å²) >= 11 is 13.9. The summed E-state index contributed by atoms with van der Waals surface area (Å²) in [4.78, 5) is 29.0. The van der Waals surface area contributed by atoms with Crippen molar-refractivity contribution in [2.45, 2.75) is 70.5 Å². The van der Waals surface area contributed by atoms with Crippen molar-refractivity contribution >= 4 is 46.8 Å². The number of nitrogens with one attached hydrogen (secondary N) is 1. The first kappa shape index (κ1) is 26.6. The first-order valence-corrected chi connectivity index (χ1v) is 12.7. The quantitative estimate of drug-likeness (QED) is 0.362. The summed E-state index contributed by atoms with van der Waals surface area (Å²) in [5.74, 6) is 0.465. The Labute approximate surface area is 206 Å². The molecular formula is C25H32Cl2N2O2S. The molecule has 2 rings (SSSR count). The van der Waals surface area contributed by atoms with Crippen molar-refractivity contribution in [2.75, 3.05) is 5.75 Å². The number of carbonyl (C=O) groups is 2. The van der Waals surface area contributed by atoms with E-state index in [2.05, 4.69) is 29.6 Å². The van der Waals surface area contributed by atoms with Crippen LogP contribution in [0.15, 0.2) is 47.4 Å². The van der Waals surface area contributed by atoms with Crippen LogP contribution in [0.3, 0.4) is 0 Å². The molecular weight excluding hydrogens is 463 g/mol. The molecule has 0 radical (unpaired) electrons. The summed E-state index contributed by atoms with van der Waals surface area (Å²) in [6.07, 6.45) is 1.70. The molecule has 0 spiro atoms. The fraction of sp³-hybridized carbons (Fsp3) is 0.440. The Bertz CT molecular complexity index is 905. The zero-order valence-corrected chi connectivity index (χ0v) is 21.5. The molecule has 4 nitrogen and oxygen atoms in total. The highest BCUT2D eigenvalue weighted by Crippen LogP contribution is 2.25. The van der Waals surface area contributed by atoms with Crippen LogP contribution in [0.4, 0.5) is 0 Å². The normalized spacial score (nSPS) is 12.8. The van der Waals surface area contributed by atoms with Crippen LogP contribution in [0.2, 0.25) is 10.0 Å². The van der Waals surface area contributed by atoms with E-state index in [0.717, 1.165) is 16.9 Å². The maximum absolute atomic E-state index is 13.3. The van der Waals surface area contributed by atoms with E-state index in [9.17, 15) is 9.59 Å². The van der Waals surface area contributed by atoms with Gasteiger partial charge >= 0.3 is 0 Å². The molecule has 0 aromatic heterocycles. The zero-order valence-electron chi connectivity index (χ0n) is 19.2. The van der Waals surface area contributed by atoms with Crippen LogP contribution < -0.4 is 5.32 Å². The molecule has 7 heteroatoms. The minimum Gasteiger partial charge on any atom is -0.352 e. The van der Waals surface area contributed by atoms with Gasteiger partial charge in [0.15, 0.2) is 0 Å². The standard InChI is InChI=1S/C25H32Cl2N2O2S/c1-5-18(4)28-25(31)23(6-2)29(16-19-9-12-21(26)22(27)15-19)24(30)13-14-32-20-10-7-17(3)8-11-20/h7-12,15,18,23H,5-6,13-14,16H2,1-4H3,(H,28,31)/t18-,23+/m0/s1. The van der Waals surface area contributed by atoms with E-state index in [-0.39, 0.29) is 17.9 Å². The fourth-order valence-electron chi connectivity index (χ4n) is 3.23. The summed E-state index contributed by atoms with van der Waals surface area (Å²) in [6, 6.07) is 13.1. The average Bonchev–Trinajstić information content (AvgIpc) is 2.77. The molecule has 0 unspecified atom stereocenters. The molecule has 0 saturated carbocycles. The second kappa shape index (κ2) is 13.1. The maximum atomic E-state index is 13.3. The summed E-state index contributed by atoms with van der Waals surface area (Å²) < 4.78 is 0. The van der Waals surface area contributed by atoms with Crippen LogP contribution in [0.1, 0.15) is 51.2 Å². The number of aryl methyl sites for hydroxylation is 1. The van der Waals surface area contributed by atoms with E-state index in [4.69, 9.17) is 23.2 Å². The first-order chi connectivity index (χ1) is 15.2. The highest BCUT2D eigenvalue weighted by atomic mass is 35.5. The van der Waals surface area contributed by atoms with E-state index in [1.165, 1.54) is 5.56 Å². The molecule has 2 aromatic carbocycles. The van der Waals surface area contributed by atoms with Crippen LogP contribution in [0.5, 0.6) is 0 Å². The molecule has 0 saturated heterocycles.